The molecule has 0 saturated carbocycles. The van der Waals surface area contributed by atoms with Crippen LogP contribution in [-0.2, 0) is 0 Å². The van der Waals surface area contributed by atoms with Gasteiger partial charge in [-0.3, -0.25) is 9.59 Å². The fourth-order valence-electron chi connectivity index (χ4n) is 2.84. The number of quaternary nitrogens is 1. The fourth-order valence-corrected chi connectivity index (χ4v) is 2.96. The Bertz CT molecular complexity index is 768. The molecular weight excluding hydrogens is 338 g/mol. The van der Waals surface area contributed by atoms with Gasteiger partial charge in [0.2, 0.25) is 0 Å². The molecule has 0 spiro atoms. The summed E-state index contributed by atoms with van der Waals surface area (Å²) in [4.78, 5) is 28.5. The average Bonchev–Trinajstić information content (AvgIpc) is 2.63. The number of amides is 2. The summed E-state index contributed by atoms with van der Waals surface area (Å²) in [5.74, 6) is -0.306. The average molecular weight is 359 g/mol. The van der Waals surface area contributed by atoms with E-state index in [2.05, 4.69) is 12.4 Å². The highest BCUT2D eigenvalue weighted by Crippen LogP contribution is 2.19. The normalized spacial score (nSPS) is 15.0. The lowest BCUT2D eigenvalue weighted by atomic mass is 10.1. The maximum Gasteiger partial charge on any atom is 0.256 e. The van der Waals surface area contributed by atoms with Crippen molar-refractivity contribution in [3.8, 4) is 0 Å². The molecule has 1 fully saturated rings. The van der Waals surface area contributed by atoms with Gasteiger partial charge in [-0.2, -0.15) is 0 Å². The predicted molar refractivity (Wildman–Crippen MR) is 98.4 cm³/mol. The second-order valence-electron chi connectivity index (χ2n) is 6.26. The number of rotatable bonds is 3. The minimum absolute atomic E-state index is 0.0421. The van der Waals surface area contributed by atoms with Crippen molar-refractivity contribution in [3.05, 3.63) is 64.7 Å². The predicted octanol–water partition coefficient (Wildman–Crippen LogP) is 1.56. The van der Waals surface area contributed by atoms with E-state index in [4.69, 9.17) is 11.6 Å². The Kier molecular flexibility index (Phi) is 5.36. The van der Waals surface area contributed by atoms with Crippen LogP contribution in [0.15, 0.2) is 48.5 Å². The van der Waals surface area contributed by atoms with E-state index >= 15 is 0 Å². The van der Waals surface area contributed by atoms with Crippen molar-refractivity contribution >= 4 is 29.1 Å². The summed E-state index contributed by atoms with van der Waals surface area (Å²) >= 11 is 5.86. The van der Waals surface area contributed by atoms with E-state index < -0.39 is 0 Å². The molecule has 0 radical (unpaired) electrons. The van der Waals surface area contributed by atoms with Gasteiger partial charge < -0.3 is 15.1 Å². The van der Waals surface area contributed by atoms with Crippen molar-refractivity contribution in [1.82, 2.24) is 4.90 Å². The van der Waals surface area contributed by atoms with Gasteiger partial charge in [0.05, 0.1) is 44.5 Å². The van der Waals surface area contributed by atoms with Gasteiger partial charge in [-0.25, -0.2) is 0 Å². The third-order valence-electron chi connectivity index (χ3n) is 4.42. The smallest absolute Gasteiger partial charge is 0.256 e. The van der Waals surface area contributed by atoms with Gasteiger partial charge in [-0.15, -0.1) is 0 Å². The standard InChI is InChI=1S/C19H20ClN3O2/c1-22-10-12-23(13-11-22)19(25)16-4-2-3-5-17(16)21-18(24)14-6-8-15(20)9-7-14/h2-9H,10-13H2,1H3,(H,21,24)/p+1. The molecule has 1 aliphatic heterocycles. The first-order valence-electron chi connectivity index (χ1n) is 8.31. The Balaban J connectivity index is 1.77. The first kappa shape index (κ1) is 17.5. The third-order valence-corrected chi connectivity index (χ3v) is 4.67. The minimum atomic E-state index is -0.264. The number of piperazine rings is 1. The Morgan fingerprint density at radius 2 is 1.68 bits per heavy atom. The number of hydrogen-bond donors (Lipinski definition) is 2. The Labute approximate surface area is 152 Å². The number of para-hydroxylation sites is 1. The lowest BCUT2D eigenvalue weighted by molar-refractivity contribution is -0.883. The molecule has 2 aromatic carbocycles. The largest absolute Gasteiger partial charge is 0.334 e. The van der Waals surface area contributed by atoms with Gasteiger partial charge in [0.25, 0.3) is 11.8 Å². The molecule has 25 heavy (non-hydrogen) atoms. The van der Waals surface area contributed by atoms with E-state index in [9.17, 15) is 9.59 Å². The van der Waals surface area contributed by atoms with Crippen molar-refractivity contribution in [2.75, 3.05) is 38.5 Å². The molecule has 0 aliphatic carbocycles. The number of benzene rings is 2. The van der Waals surface area contributed by atoms with Crippen LogP contribution in [0.1, 0.15) is 20.7 Å². The number of carbonyl (C=O) groups is 2. The van der Waals surface area contributed by atoms with Crippen LogP contribution in [0, 0.1) is 0 Å². The molecular formula is C19H21ClN3O2+. The van der Waals surface area contributed by atoms with Crippen LogP contribution in [-0.4, -0.2) is 49.9 Å². The zero-order valence-electron chi connectivity index (χ0n) is 14.1. The summed E-state index contributed by atoms with van der Waals surface area (Å²) in [5, 5.41) is 3.41. The Morgan fingerprint density at radius 3 is 2.36 bits per heavy atom. The molecule has 0 atom stereocenters. The second-order valence-corrected chi connectivity index (χ2v) is 6.69. The number of anilines is 1. The van der Waals surface area contributed by atoms with Gasteiger partial charge >= 0.3 is 0 Å². The highest BCUT2D eigenvalue weighted by Gasteiger charge is 2.24. The van der Waals surface area contributed by atoms with Crippen LogP contribution in [0.3, 0.4) is 0 Å². The summed E-state index contributed by atoms with van der Waals surface area (Å²) in [7, 11) is 2.13. The van der Waals surface area contributed by atoms with Crippen LogP contribution in [0.4, 0.5) is 5.69 Å². The Morgan fingerprint density at radius 1 is 1.04 bits per heavy atom. The van der Waals surface area contributed by atoms with Crippen molar-refractivity contribution in [2.24, 2.45) is 0 Å². The number of halogens is 1. The van der Waals surface area contributed by atoms with Crippen molar-refractivity contribution in [2.45, 2.75) is 0 Å². The van der Waals surface area contributed by atoms with E-state index in [1.54, 1.807) is 36.4 Å². The maximum atomic E-state index is 12.8. The summed E-state index contributed by atoms with van der Waals surface area (Å²) in [6, 6.07) is 13.8. The summed E-state index contributed by atoms with van der Waals surface area (Å²) in [6.07, 6.45) is 0. The third kappa shape index (κ3) is 4.18. The van der Waals surface area contributed by atoms with Crippen molar-refractivity contribution in [3.63, 3.8) is 0 Å². The minimum Gasteiger partial charge on any atom is -0.334 e. The maximum absolute atomic E-state index is 12.8. The highest BCUT2D eigenvalue weighted by molar-refractivity contribution is 6.30. The quantitative estimate of drug-likeness (QED) is 0.875. The monoisotopic (exact) mass is 358 g/mol. The number of carbonyl (C=O) groups excluding carboxylic acids is 2. The van der Waals surface area contributed by atoms with Crippen LogP contribution >= 0.6 is 11.6 Å². The molecule has 0 bridgehead atoms. The van der Waals surface area contributed by atoms with Gasteiger partial charge in [0, 0.05) is 10.6 Å². The molecule has 3 rings (SSSR count). The highest BCUT2D eigenvalue weighted by atomic mass is 35.5. The summed E-state index contributed by atoms with van der Waals surface area (Å²) in [5.41, 5.74) is 1.54. The van der Waals surface area contributed by atoms with Gasteiger partial charge in [-0.05, 0) is 36.4 Å². The van der Waals surface area contributed by atoms with Crippen molar-refractivity contribution in [1.29, 1.82) is 0 Å². The van der Waals surface area contributed by atoms with Crippen LogP contribution in [0.25, 0.3) is 0 Å². The summed E-state index contributed by atoms with van der Waals surface area (Å²) < 4.78 is 0. The zero-order chi connectivity index (χ0) is 17.8. The number of nitrogens with one attached hydrogen (secondary N) is 2. The zero-order valence-corrected chi connectivity index (χ0v) is 14.8. The number of likely N-dealkylation sites (N-methyl/N-ethyl adjacent to an activating group) is 1. The van der Waals surface area contributed by atoms with Gasteiger partial charge in [0.15, 0.2) is 0 Å². The van der Waals surface area contributed by atoms with Crippen LogP contribution in [0.5, 0.6) is 0 Å². The SMILES string of the molecule is C[NH+]1CCN(C(=O)c2ccccc2NC(=O)c2ccc(Cl)cc2)CC1. The first-order valence-corrected chi connectivity index (χ1v) is 8.69. The number of hydrogen-bond acceptors (Lipinski definition) is 2. The van der Waals surface area contributed by atoms with Gasteiger partial charge in [0.1, 0.15) is 0 Å². The molecule has 6 heteroatoms. The molecule has 1 saturated heterocycles. The molecule has 0 unspecified atom stereocenters. The van der Waals surface area contributed by atoms with E-state index in [1.165, 1.54) is 4.90 Å². The lowest BCUT2D eigenvalue weighted by Crippen LogP contribution is -3.12. The molecule has 2 amide bonds. The first-order chi connectivity index (χ1) is 12.0. The van der Waals surface area contributed by atoms with Crippen molar-refractivity contribution < 1.29 is 14.5 Å². The van der Waals surface area contributed by atoms with E-state index in [0.29, 0.717) is 21.8 Å². The molecule has 1 heterocycles. The topological polar surface area (TPSA) is 53.9 Å². The van der Waals surface area contributed by atoms with Crippen LogP contribution < -0.4 is 10.2 Å². The molecule has 5 nitrogen and oxygen atoms in total. The molecule has 0 aromatic heterocycles. The van der Waals surface area contributed by atoms with Crippen LogP contribution in [0.2, 0.25) is 5.02 Å². The molecule has 1 aliphatic rings. The molecule has 130 valence electrons. The molecule has 2 N–H and O–H groups in total. The number of nitrogens with zero attached hydrogens (tertiary/aromatic N) is 1. The second kappa shape index (κ2) is 7.68. The van der Waals surface area contributed by atoms with E-state index in [-0.39, 0.29) is 11.8 Å². The van der Waals surface area contributed by atoms with Gasteiger partial charge in [-0.1, -0.05) is 23.7 Å². The lowest BCUT2D eigenvalue weighted by Gasteiger charge is -2.30. The van der Waals surface area contributed by atoms with E-state index in [0.717, 1.165) is 26.2 Å². The summed E-state index contributed by atoms with van der Waals surface area (Å²) in [6.45, 7) is 3.32. The molecule has 2 aromatic rings. The fraction of sp³-hybridized carbons (Fsp3) is 0.263. The van der Waals surface area contributed by atoms with E-state index in [1.807, 2.05) is 17.0 Å². The Hall–Kier alpha value is -2.37.